The molecule has 0 saturated heterocycles. The van der Waals surface area contributed by atoms with Gasteiger partial charge in [0.1, 0.15) is 0 Å². The molecule has 1 atom stereocenters. The number of rotatable bonds is 6. The Kier molecular flexibility index (Phi) is 4.68. The largest absolute Gasteiger partial charge is 0.379 e. The Hall–Kier alpha value is -1.68. The van der Waals surface area contributed by atoms with E-state index in [1.54, 1.807) is 6.20 Å². The van der Waals surface area contributed by atoms with Crippen molar-refractivity contribution < 1.29 is 0 Å². The summed E-state index contributed by atoms with van der Waals surface area (Å²) in [6, 6.07) is 8.47. The molecule has 2 aromatic rings. The van der Waals surface area contributed by atoms with E-state index < -0.39 is 0 Å². The van der Waals surface area contributed by atoms with E-state index in [2.05, 4.69) is 47.3 Å². The van der Waals surface area contributed by atoms with Crippen LogP contribution >= 0.6 is 0 Å². The molecule has 102 valence electrons. The maximum atomic E-state index is 4.14. The molecule has 0 fully saturated rings. The quantitative estimate of drug-likeness (QED) is 0.865. The highest BCUT2D eigenvalue weighted by Crippen LogP contribution is 2.20. The summed E-state index contributed by atoms with van der Waals surface area (Å²) in [4.78, 5) is 2.41. The first-order valence-corrected chi connectivity index (χ1v) is 6.94. The molecule has 0 aliphatic rings. The second kappa shape index (κ2) is 6.48. The normalized spacial score (nSPS) is 12.8. The lowest BCUT2D eigenvalue weighted by atomic mass is 10.2. The van der Waals surface area contributed by atoms with Crippen LogP contribution in [-0.2, 0) is 0 Å². The number of fused-ring (bicyclic) bond motifs is 1. The van der Waals surface area contributed by atoms with Crippen molar-refractivity contribution in [1.29, 1.82) is 0 Å². The molecule has 0 bridgehead atoms. The molecule has 0 aliphatic heterocycles. The summed E-state index contributed by atoms with van der Waals surface area (Å²) in [6.07, 6.45) is 1.81. The molecule has 0 spiro atoms. The fourth-order valence-electron chi connectivity index (χ4n) is 2.30. The topological polar surface area (TPSA) is 41.0 Å². The number of nitrogens with one attached hydrogen (secondary N) is 1. The first kappa shape index (κ1) is 13.7. The van der Waals surface area contributed by atoms with Crippen LogP contribution in [0.25, 0.3) is 10.9 Å². The van der Waals surface area contributed by atoms with Crippen molar-refractivity contribution in [3.63, 3.8) is 0 Å². The van der Waals surface area contributed by atoms with Gasteiger partial charge >= 0.3 is 0 Å². The van der Waals surface area contributed by atoms with Gasteiger partial charge in [-0.25, -0.2) is 0 Å². The number of hydrogen-bond acceptors (Lipinski definition) is 4. The number of hydrogen-bond donors (Lipinski definition) is 1. The summed E-state index contributed by atoms with van der Waals surface area (Å²) < 4.78 is 0. The minimum Gasteiger partial charge on any atom is -0.379 e. The van der Waals surface area contributed by atoms with Gasteiger partial charge in [0.15, 0.2) is 0 Å². The summed E-state index contributed by atoms with van der Waals surface area (Å²) in [6.45, 7) is 9.78. The zero-order chi connectivity index (χ0) is 13.7. The van der Waals surface area contributed by atoms with Gasteiger partial charge in [0.05, 0.1) is 17.4 Å². The SMILES string of the molecule is CCN(CC)CC(C)Nc1cnnc2ccccc12. The molecule has 4 heteroatoms. The van der Waals surface area contributed by atoms with Crippen LogP contribution in [-0.4, -0.2) is 40.8 Å². The Labute approximate surface area is 114 Å². The first-order chi connectivity index (χ1) is 9.24. The minimum absolute atomic E-state index is 0.382. The van der Waals surface area contributed by atoms with Gasteiger partial charge in [0.2, 0.25) is 0 Å². The molecule has 0 amide bonds. The lowest BCUT2D eigenvalue weighted by molar-refractivity contribution is 0.295. The van der Waals surface area contributed by atoms with Crippen LogP contribution in [0.15, 0.2) is 30.5 Å². The number of nitrogens with zero attached hydrogens (tertiary/aromatic N) is 3. The fourth-order valence-corrected chi connectivity index (χ4v) is 2.30. The van der Waals surface area contributed by atoms with Gasteiger partial charge in [-0.2, -0.15) is 10.2 Å². The van der Waals surface area contributed by atoms with Crippen LogP contribution in [0.1, 0.15) is 20.8 Å². The Morgan fingerprint density at radius 1 is 1.21 bits per heavy atom. The van der Waals surface area contributed by atoms with Crippen molar-refractivity contribution in [1.82, 2.24) is 15.1 Å². The number of likely N-dealkylation sites (N-methyl/N-ethyl adjacent to an activating group) is 1. The predicted octanol–water partition coefficient (Wildman–Crippen LogP) is 2.77. The average molecular weight is 258 g/mol. The number of anilines is 1. The second-order valence-electron chi connectivity index (χ2n) is 4.81. The molecule has 4 nitrogen and oxygen atoms in total. The molecule has 0 aliphatic carbocycles. The first-order valence-electron chi connectivity index (χ1n) is 6.94. The van der Waals surface area contributed by atoms with Crippen molar-refractivity contribution in [2.75, 3.05) is 25.0 Å². The maximum absolute atomic E-state index is 4.14. The second-order valence-corrected chi connectivity index (χ2v) is 4.81. The van der Waals surface area contributed by atoms with Gasteiger partial charge in [-0.15, -0.1) is 0 Å². The van der Waals surface area contributed by atoms with Crippen molar-refractivity contribution >= 4 is 16.6 Å². The van der Waals surface area contributed by atoms with Crippen LogP contribution < -0.4 is 5.32 Å². The third kappa shape index (κ3) is 3.41. The van der Waals surface area contributed by atoms with Gasteiger partial charge < -0.3 is 10.2 Å². The molecule has 1 aromatic heterocycles. The van der Waals surface area contributed by atoms with Gasteiger partial charge in [-0.05, 0) is 26.1 Å². The van der Waals surface area contributed by atoms with E-state index in [0.29, 0.717) is 6.04 Å². The molecule has 2 rings (SSSR count). The monoisotopic (exact) mass is 258 g/mol. The summed E-state index contributed by atoms with van der Waals surface area (Å²) in [5, 5.41) is 12.9. The van der Waals surface area contributed by atoms with Crippen LogP contribution in [0.4, 0.5) is 5.69 Å². The fraction of sp³-hybridized carbons (Fsp3) is 0.467. The van der Waals surface area contributed by atoms with E-state index >= 15 is 0 Å². The smallest absolute Gasteiger partial charge is 0.0950 e. The van der Waals surface area contributed by atoms with E-state index in [0.717, 1.165) is 36.2 Å². The third-order valence-corrected chi connectivity index (χ3v) is 3.37. The standard InChI is InChI=1S/C15H22N4/c1-4-19(5-2)11-12(3)17-15-10-16-18-14-9-7-6-8-13(14)15/h6-10,12H,4-5,11H2,1-3H3,(H,17,18). The van der Waals surface area contributed by atoms with Crippen molar-refractivity contribution in [2.24, 2.45) is 0 Å². The number of benzene rings is 1. The maximum Gasteiger partial charge on any atom is 0.0950 e. The lowest BCUT2D eigenvalue weighted by Gasteiger charge is -2.24. The zero-order valence-electron chi connectivity index (χ0n) is 11.9. The highest BCUT2D eigenvalue weighted by Gasteiger charge is 2.09. The van der Waals surface area contributed by atoms with Crippen molar-refractivity contribution in [2.45, 2.75) is 26.8 Å². The van der Waals surface area contributed by atoms with Crippen molar-refractivity contribution in [3.8, 4) is 0 Å². The Bertz CT molecular complexity index is 517. The van der Waals surface area contributed by atoms with E-state index in [9.17, 15) is 0 Å². The van der Waals surface area contributed by atoms with Gasteiger partial charge in [0.25, 0.3) is 0 Å². The van der Waals surface area contributed by atoms with Gasteiger partial charge in [-0.3, -0.25) is 0 Å². The third-order valence-electron chi connectivity index (χ3n) is 3.37. The number of aromatic nitrogens is 2. The highest BCUT2D eigenvalue weighted by molar-refractivity contribution is 5.90. The summed E-state index contributed by atoms with van der Waals surface area (Å²) in [5.74, 6) is 0. The average Bonchev–Trinajstić information content (AvgIpc) is 2.45. The summed E-state index contributed by atoms with van der Waals surface area (Å²) >= 11 is 0. The van der Waals surface area contributed by atoms with Crippen molar-refractivity contribution in [3.05, 3.63) is 30.5 Å². The molecular weight excluding hydrogens is 236 g/mol. The molecular formula is C15H22N4. The predicted molar refractivity (Wildman–Crippen MR) is 80.4 cm³/mol. The molecule has 1 heterocycles. The van der Waals surface area contributed by atoms with Crippen LogP contribution in [0.5, 0.6) is 0 Å². The Balaban J connectivity index is 2.12. The molecule has 19 heavy (non-hydrogen) atoms. The van der Waals surface area contributed by atoms with E-state index in [1.165, 1.54) is 0 Å². The molecule has 0 saturated carbocycles. The lowest BCUT2D eigenvalue weighted by Crippen LogP contribution is -2.34. The van der Waals surface area contributed by atoms with Gasteiger partial charge in [-0.1, -0.05) is 32.0 Å². The van der Waals surface area contributed by atoms with E-state index in [1.807, 2.05) is 18.2 Å². The van der Waals surface area contributed by atoms with Crippen LogP contribution in [0.2, 0.25) is 0 Å². The summed E-state index contributed by atoms with van der Waals surface area (Å²) in [7, 11) is 0. The minimum atomic E-state index is 0.382. The molecule has 0 radical (unpaired) electrons. The highest BCUT2D eigenvalue weighted by atomic mass is 15.1. The summed E-state index contributed by atoms with van der Waals surface area (Å²) in [5.41, 5.74) is 1.99. The molecule has 1 aromatic carbocycles. The Morgan fingerprint density at radius 2 is 1.95 bits per heavy atom. The van der Waals surface area contributed by atoms with Gasteiger partial charge in [0, 0.05) is 18.0 Å². The van der Waals surface area contributed by atoms with Crippen LogP contribution in [0, 0.1) is 0 Å². The van der Waals surface area contributed by atoms with E-state index in [-0.39, 0.29) is 0 Å². The molecule has 1 N–H and O–H groups in total. The zero-order valence-corrected chi connectivity index (χ0v) is 11.9. The van der Waals surface area contributed by atoms with Crippen LogP contribution in [0.3, 0.4) is 0 Å². The Morgan fingerprint density at radius 3 is 2.68 bits per heavy atom. The van der Waals surface area contributed by atoms with E-state index in [4.69, 9.17) is 0 Å². The molecule has 1 unspecified atom stereocenters.